The molecule has 0 bridgehead atoms. The maximum atomic E-state index is 13.5. The summed E-state index contributed by atoms with van der Waals surface area (Å²) in [6.45, 7) is 1.60. The number of nitrogens with zero attached hydrogens (tertiary/aromatic N) is 2. The summed E-state index contributed by atoms with van der Waals surface area (Å²) < 4.78 is 29.0. The van der Waals surface area contributed by atoms with E-state index >= 15 is 0 Å². The lowest BCUT2D eigenvalue weighted by molar-refractivity contribution is 0.0954. The molecule has 0 unspecified atom stereocenters. The van der Waals surface area contributed by atoms with Crippen LogP contribution in [0.15, 0.2) is 64.3 Å². The van der Waals surface area contributed by atoms with Crippen molar-refractivity contribution in [1.82, 2.24) is 14.3 Å². The van der Waals surface area contributed by atoms with Gasteiger partial charge < -0.3 is 5.32 Å². The average Bonchev–Trinajstić information content (AvgIpc) is 3.20. The smallest absolute Gasteiger partial charge is 0.336 e. The number of thiazole rings is 1. The zero-order valence-electron chi connectivity index (χ0n) is 16.4. The Labute approximate surface area is 179 Å². The second-order valence-electron chi connectivity index (χ2n) is 7.01. The number of hydrogen-bond donors (Lipinski definition) is 1. The molecule has 0 spiro atoms. The van der Waals surface area contributed by atoms with Crippen molar-refractivity contribution in [2.45, 2.75) is 20.0 Å². The van der Waals surface area contributed by atoms with Gasteiger partial charge in [0.2, 0.25) is 0 Å². The predicted molar refractivity (Wildman–Crippen MR) is 114 cm³/mol. The van der Waals surface area contributed by atoms with Gasteiger partial charge in [0.1, 0.15) is 21.3 Å². The Balaban J connectivity index is 1.66. The van der Waals surface area contributed by atoms with Gasteiger partial charge in [-0.1, -0.05) is 24.3 Å². The van der Waals surface area contributed by atoms with Crippen molar-refractivity contribution in [3.05, 3.63) is 109 Å². The SMILES string of the molecule is Cc1c(=O)n(Cc2cccc(F)c2)c(=O)n2cc(C(=O)NCc3cccc(F)c3)sc12. The van der Waals surface area contributed by atoms with E-state index in [1.807, 2.05) is 0 Å². The van der Waals surface area contributed by atoms with E-state index in [9.17, 15) is 23.2 Å². The largest absolute Gasteiger partial charge is 0.347 e. The van der Waals surface area contributed by atoms with E-state index in [1.165, 1.54) is 40.9 Å². The van der Waals surface area contributed by atoms with Crippen LogP contribution < -0.4 is 16.6 Å². The monoisotopic (exact) mass is 441 g/mol. The third kappa shape index (κ3) is 4.17. The first-order valence-electron chi connectivity index (χ1n) is 9.36. The summed E-state index contributed by atoms with van der Waals surface area (Å²) in [6, 6.07) is 11.5. The van der Waals surface area contributed by atoms with E-state index in [1.54, 1.807) is 25.1 Å². The molecule has 2 aromatic carbocycles. The topological polar surface area (TPSA) is 72.6 Å². The van der Waals surface area contributed by atoms with Gasteiger partial charge in [0.25, 0.3) is 11.5 Å². The number of carbonyl (C=O) groups excluding carboxylic acids is 1. The number of aryl methyl sites for hydroxylation is 1. The fraction of sp³-hybridized carbons (Fsp3) is 0.136. The van der Waals surface area contributed by atoms with Crippen LogP contribution >= 0.6 is 11.3 Å². The summed E-state index contributed by atoms with van der Waals surface area (Å²) in [7, 11) is 0. The van der Waals surface area contributed by atoms with Crippen molar-refractivity contribution in [1.29, 1.82) is 0 Å². The third-order valence-electron chi connectivity index (χ3n) is 4.79. The van der Waals surface area contributed by atoms with Crippen LogP contribution in [-0.4, -0.2) is 14.9 Å². The molecular weight excluding hydrogens is 424 g/mol. The van der Waals surface area contributed by atoms with Gasteiger partial charge in [0.05, 0.1) is 6.54 Å². The quantitative estimate of drug-likeness (QED) is 0.517. The molecule has 1 amide bonds. The first-order valence-corrected chi connectivity index (χ1v) is 10.2. The number of benzene rings is 2. The van der Waals surface area contributed by atoms with Gasteiger partial charge in [-0.05, 0) is 42.3 Å². The minimum Gasteiger partial charge on any atom is -0.347 e. The summed E-state index contributed by atoms with van der Waals surface area (Å²) in [5.41, 5.74) is 0.266. The average molecular weight is 441 g/mol. The van der Waals surface area contributed by atoms with Crippen molar-refractivity contribution in [2.75, 3.05) is 0 Å². The van der Waals surface area contributed by atoms with Gasteiger partial charge >= 0.3 is 5.69 Å². The van der Waals surface area contributed by atoms with Crippen molar-refractivity contribution < 1.29 is 13.6 Å². The normalized spacial score (nSPS) is 11.1. The summed E-state index contributed by atoms with van der Waals surface area (Å²) in [6.07, 6.45) is 1.37. The van der Waals surface area contributed by atoms with Gasteiger partial charge in [-0.2, -0.15) is 0 Å². The van der Waals surface area contributed by atoms with Crippen molar-refractivity contribution in [3.63, 3.8) is 0 Å². The van der Waals surface area contributed by atoms with Crippen LogP contribution in [0.5, 0.6) is 0 Å². The summed E-state index contributed by atoms with van der Waals surface area (Å²) in [4.78, 5) is 38.8. The van der Waals surface area contributed by atoms with Gasteiger partial charge in [0, 0.05) is 18.3 Å². The van der Waals surface area contributed by atoms with Crippen LogP contribution in [0.1, 0.15) is 26.4 Å². The van der Waals surface area contributed by atoms with E-state index in [2.05, 4.69) is 5.32 Å². The first-order chi connectivity index (χ1) is 14.8. The number of fused-ring (bicyclic) bond motifs is 1. The molecule has 0 aliphatic rings. The molecule has 0 aliphatic carbocycles. The second-order valence-corrected chi connectivity index (χ2v) is 8.04. The highest BCUT2D eigenvalue weighted by Crippen LogP contribution is 2.18. The Morgan fingerprint density at radius 1 is 1.03 bits per heavy atom. The molecule has 0 fully saturated rings. The Hall–Kier alpha value is -3.59. The zero-order chi connectivity index (χ0) is 22.1. The molecule has 0 saturated carbocycles. The highest BCUT2D eigenvalue weighted by atomic mass is 32.1. The number of rotatable bonds is 5. The number of aromatic nitrogens is 2. The van der Waals surface area contributed by atoms with Crippen molar-refractivity contribution in [2.24, 2.45) is 0 Å². The fourth-order valence-electron chi connectivity index (χ4n) is 3.24. The Kier molecular flexibility index (Phi) is 5.51. The lowest BCUT2D eigenvalue weighted by Gasteiger charge is -2.07. The van der Waals surface area contributed by atoms with Crippen LogP contribution in [-0.2, 0) is 13.1 Å². The molecule has 2 heterocycles. The van der Waals surface area contributed by atoms with Gasteiger partial charge in [-0.15, -0.1) is 11.3 Å². The van der Waals surface area contributed by atoms with Gasteiger partial charge in [-0.3, -0.25) is 18.6 Å². The van der Waals surface area contributed by atoms with Crippen LogP contribution in [0.25, 0.3) is 4.83 Å². The fourth-order valence-corrected chi connectivity index (χ4v) is 4.25. The number of nitrogens with one attached hydrogen (secondary N) is 1. The highest BCUT2D eigenvalue weighted by Gasteiger charge is 2.18. The minimum atomic E-state index is -0.615. The summed E-state index contributed by atoms with van der Waals surface area (Å²) in [5, 5.41) is 2.68. The number of halogens is 2. The van der Waals surface area contributed by atoms with Crippen LogP contribution in [0.2, 0.25) is 0 Å². The molecule has 1 N–H and O–H groups in total. The third-order valence-corrected chi connectivity index (χ3v) is 6.00. The molecule has 0 atom stereocenters. The van der Waals surface area contributed by atoms with Gasteiger partial charge in [0.15, 0.2) is 0 Å². The molecule has 9 heteroatoms. The lowest BCUT2D eigenvalue weighted by Crippen LogP contribution is -2.38. The van der Waals surface area contributed by atoms with E-state index in [-0.39, 0.29) is 18.0 Å². The van der Waals surface area contributed by atoms with Crippen LogP contribution in [0.3, 0.4) is 0 Å². The minimum absolute atomic E-state index is 0.0871. The first kappa shape index (κ1) is 20.7. The van der Waals surface area contributed by atoms with Crippen molar-refractivity contribution >= 4 is 22.1 Å². The lowest BCUT2D eigenvalue weighted by atomic mass is 10.2. The molecule has 4 aromatic rings. The molecule has 31 heavy (non-hydrogen) atoms. The van der Waals surface area contributed by atoms with E-state index in [0.717, 1.165) is 15.9 Å². The van der Waals surface area contributed by atoms with E-state index < -0.39 is 28.8 Å². The van der Waals surface area contributed by atoms with E-state index in [4.69, 9.17) is 0 Å². The van der Waals surface area contributed by atoms with Crippen LogP contribution in [0, 0.1) is 18.6 Å². The molecule has 0 aliphatic heterocycles. The Morgan fingerprint density at radius 3 is 2.35 bits per heavy atom. The summed E-state index contributed by atoms with van der Waals surface area (Å²) in [5.74, 6) is -1.31. The summed E-state index contributed by atoms with van der Waals surface area (Å²) >= 11 is 1.02. The second kappa shape index (κ2) is 8.27. The molecule has 6 nitrogen and oxygen atoms in total. The highest BCUT2D eigenvalue weighted by molar-refractivity contribution is 7.19. The van der Waals surface area contributed by atoms with Crippen LogP contribution in [0.4, 0.5) is 8.78 Å². The molecule has 0 saturated heterocycles. The predicted octanol–water partition coefficient (Wildman–Crippen LogP) is 3.09. The maximum absolute atomic E-state index is 13.5. The molecule has 158 valence electrons. The molecule has 4 rings (SSSR count). The van der Waals surface area contributed by atoms with Crippen molar-refractivity contribution in [3.8, 4) is 0 Å². The number of carbonyl (C=O) groups is 1. The molecule has 2 aromatic heterocycles. The van der Waals surface area contributed by atoms with E-state index in [0.29, 0.717) is 21.5 Å². The zero-order valence-corrected chi connectivity index (χ0v) is 17.2. The molecular formula is C22H17F2N3O3S. The molecule has 0 radical (unpaired) electrons. The Bertz CT molecular complexity index is 1420. The Morgan fingerprint density at radius 2 is 1.68 bits per heavy atom. The maximum Gasteiger partial charge on any atom is 0.336 e. The number of hydrogen-bond acceptors (Lipinski definition) is 4. The standard InChI is InChI=1S/C22H17F2N3O3S/c1-13-20(29)26(11-15-5-3-7-17(24)9-15)22(30)27-12-18(31-21(13)27)19(28)25-10-14-4-2-6-16(23)8-14/h2-9,12H,10-11H2,1H3,(H,25,28). The van der Waals surface area contributed by atoms with Gasteiger partial charge in [-0.25, -0.2) is 13.6 Å². The number of amides is 1.